The number of benzene rings is 1. The van der Waals surface area contributed by atoms with Crippen molar-refractivity contribution in [2.75, 3.05) is 31.3 Å². The summed E-state index contributed by atoms with van der Waals surface area (Å²) in [7, 11) is -1.08. The third-order valence-corrected chi connectivity index (χ3v) is 9.78. The maximum Gasteiger partial charge on any atom is 0.211 e. The zero-order chi connectivity index (χ0) is 27.2. The van der Waals surface area contributed by atoms with Crippen LogP contribution in [-0.2, 0) is 21.9 Å². The van der Waals surface area contributed by atoms with Gasteiger partial charge in [0.1, 0.15) is 11.5 Å². The monoisotopic (exact) mass is 551 g/mol. The maximum absolute atomic E-state index is 11.9. The second-order valence-corrected chi connectivity index (χ2v) is 14.1. The molecule has 0 amide bonds. The molecule has 0 saturated carbocycles. The summed E-state index contributed by atoms with van der Waals surface area (Å²) in [6.07, 6.45) is 5.94. The van der Waals surface area contributed by atoms with E-state index in [0.29, 0.717) is 19.0 Å². The molecule has 1 aliphatic heterocycles. The Labute approximate surface area is 230 Å². The molecule has 3 aromatic heterocycles. The van der Waals surface area contributed by atoms with E-state index < -0.39 is 10.0 Å². The fourth-order valence-corrected chi connectivity index (χ4v) is 6.91. The number of hydrogen-bond acceptors (Lipinski definition) is 6. The lowest BCUT2D eigenvalue weighted by Crippen LogP contribution is -2.37. The second kappa shape index (κ2) is 10.1. The number of aromatic nitrogens is 3. The van der Waals surface area contributed by atoms with E-state index >= 15 is 0 Å². The minimum Gasteiger partial charge on any atom is -0.305 e. The summed E-state index contributed by atoms with van der Waals surface area (Å²) in [6, 6.07) is 12.9. The van der Waals surface area contributed by atoms with Gasteiger partial charge in [-0.2, -0.15) is 0 Å². The minimum absolute atomic E-state index is 0.120. The van der Waals surface area contributed by atoms with Crippen LogP contribution in [0.1, 0.15) is 63.3 Å². The van der Waals surface area contributed by atoms with Gasteiger partial charge >= 0.3 is 0 Å². The number of piperidine rings is 1. The van der Waals surface area contributed by atoms with Gasteiger partial charge in [-0.15, -0.1) is 11.3 Å². The number of aryl methyl sites for hydroxylation is 1. The molecule has 0 unspecified atom stereocenters. The van der Waals surface area contributed by atoms with Crippen LogP contribution in [0.25, 0.3) is 16.9 Å². The highest BCUT2D eigenvalue weighted by Gasteiger charge is 2.27. The van der Waals surface area contributed by atoms with Crippen LogP contribution in [0.2, 0.25) is 0 Å². The van der Waals surface area contributed by atoms with E-state index in [0.717, 1.165) is 52.8 Å². The van der Waals surface area contributed by atoms with Crippen LogP contribution >= 0.6 is 11.3 Å². The molecule has 5 rings (SSSR count). The van der Waals surface area contributed by atoms with Crippen molar-refractivity contribution >= 4 is 38.0 Å². The third kappa shape index (κ3) is 5.24. The van der Waals surface area contributed by atoms with E-state index in [2.05, 4.69) is 92.0 Å². The summed E-state index contributed by atoms with van der Waals surface area (Å²) in [4.78, 5) is 12.1. The molecule has 1 fully saturated rings. The first-order chi connectivity index (χ1) is 18.0. The molecule has 0 spiro atoms. The Morgan fingerprint density at radius 3 is 2.34 bits per heavy atom. The number of nitrogens with zero attached hydrogens (tertiary/aromatic N) is 5. The first-order valence-corrected chi connectivity index (χ1v) is 15.9. The number of pyridine rings is 1. The molecule has 1 aliphatic rings. The summed E-state index contributed by atoms with van der Waals surface area (Å²) >= 11 is 1.63. The largest absolute Gasteiger partial charge is 0.305 e. The summed E-state index contributed by atoms with van der Waals surface area (Å²) in [6.45, 7) is 9.94. The molecular weight excluding hydrogens is 514 g/mol. The van der Waals surface area contributed by atoms with Crippen LogP contribution in [0.3, 0.4) is 0 Å². The predicted molar refractivity (Wildman–Crippen MR) is 157 cm³/mol. The average molecular weight is 552 g/mol. The normalized spacial score (nSPS) is 15.8. The molecule has 0 bridgehead atoms. The molecule has 1 aromatic carbocycles. The molecule has 0 atom stereocenters. The van der Waals surface area contributed by atoms with Crippen molar-refractivity contribution in [3.8, 4) is 11.3 Å². The van der Waals surface area contributed by atoms with Crippen LogP contribution in [0.5, 0.6) is 0 Å². The number of rotatable bonds is 6. The number of hydrogen-bond donors (Lipinski definition) is 0. The topological polar surface area (TPSA) is 70.8 Å². The van der Waals surface area contributed by atoms with Crippen LogP contribution in [0.15, 0.2) is 48.0 Å². The van der Waals surface area contributed by atoms with Crippen molar-refractivity contribution in [3.05, 3.63) is 64.8 Å². The number of thiazole rings is 1. The molecule has 9 heteroatoms. The van der Waals surface area contributed by atoms with Crippen LogP contribution in [0.4, 0.5) is 10.9 Å². The van der Waals surface area contributed by atoms with Gasteiger partial charge in [0.05, 0.1) is 17.6 Å². The Morgan fingerprint density at radius 2 is 1.74 bits per heavy atom. The Hall–Kier alpha value is -2.75. The highest BCUT2D eigenvalue weighted by atomic mass is 32.2. The average Bonchev–Trinajstić information content (AvgIpc) is 3.52. The zero-order valence-electron chi connectivity index (χ0n) is 23.1. The van der Waals surface area contributed by atoms with E-state index in [-0.39, 0.29) is 5.41 Å². The highest BCUT2D eigenvalue weighted by Crippen LogP contribution is 2.36. The Morgan fingerprint density at radius 1 is 1.05 bits per heavy atom. The van der Waals surface area contributed by atoms with Crippen molar-refractivity contribution in [1.82, 2.24) is 18.7 Å². The van der Waals surface area contributed by atoms with Gasteiger partial charge in [0.15, 0.2) is 5.13 Å². The van der Waals surface area contributed by atoms with Gasteiger partial charge in [0.2, 0.25) is 10.0 Å². The molecule has 202 valence electrons. The van der Waals surface area contributed by atoms with E-state index in [4.69, 9.17) is 9.97 Å². The molecule has 7 nitrogen and oxygen atoms in total. The molecule has 0 radical (unpaired) electrons. The summed E-state index contributed by atoms with van der Waals surface area (Å²) in [5, 5.41) is 3.04. The molecule has 4 heterocycles. The van der Waals surface area contributed by atoms with E-state index in [1.807, 2.05) is 0 Å². The fourth-order valence-electron chi connectivity index (χ4n) is 5.23. The summed E-state index contributed by atoms with van der Waals surface area (Å²) in [5.74, 6) is 1.35. The summed E-state index contributed by atoms with van der Waals surface area (Å²) < 4.78 is 27.7. The van der Waals surface area contributed by atoms with Gasteiger partial charge in [0.25, 0.3) is 0 Å². The predicted octanol–water partition coefficient (Wildman–Crippen LogP) is 6.22. The Kier molecular flexibility index (Phi) is 7.13. The molecule has 0 N–H and O–H groups in total. The molecule has 0 aliphatic carbocycles. The van der Waals surface area contributed by atoms with E-state index in [1.54, 1.807) is 15.6 Å². The first-order valence-electron chi connectivity index (χ1n) is 13.2. The van der Waals surface area contributed by atoms with Gasteiger partial charge in [-0.05, 0) is 47.8 Å². The summed E-state index contributed by atoms with van der Waals surface area (Å²) in [5.41, 5.74) is 6.69. The van der Waals surface area contributed by atoms with Crippen molar-refractivity contribution in [2.24, 2.45) is 0 Å². The van der Waals surface area contributed by atoms with Gasteiger partial charge in [-0.25, -0.2) is 22.7 Å². The van der Waals surface area contributed by atoms with Crippen molar-refractivity contribution in [3.63, 3.8) is 0 Å². The zero-order valence-corrected chi connectivity index (χ0v) is 24.7. The lowest BCUT2D eigenvalue weighted by atomic mass is 9.86. The number of sulfonamides is 1. The van der Waals surface area contributed by atoms with Crippen LogP contribution < -0.4 is 4.90 Å². The van der Waals surface area contributed by atoms with Crippen molar-refractivity contribution in [2.45, 2.75) is 58.3 Å². The standard InChI is InChI=1S/C29H37N5O2S2/c1-7-24-27(32(5)28-31-25(19-37-28)21-8-11-23(12-9-21)29(2,3)4)34-18-22(10-13-26(34)30-24)20-14-16-33(17-15-20)38(6,35)36/h8-13,18-20H,7,14-17H2,1-6H3. The SMILES string of the molecule is CCc1nc2ccc(C3CCN(S(C)(=O)=O)CC3)cn2c1N(C)c1nc(-c2ccc(C(C)(C)C)cc2)cs1. The second-order valence-electron chi connectivity index (χ2n) is 11.3. The van der Waals surface area contributed by atoms with E-state index in [9.17, 15) is 8.42 Å². The van der Waals surface area contributed by atoms with Crippen LogP contribution in [0, 0.1) is 0 Å². The van der Waals surface area contributed by atoms with Crippen LogP contribution in [-0.4, -0.2) is 53.5 Å². The van der Waals surface area contributed by atoms with Gasteiger partial charge in [-0.1, -0.05) is 58.0 Å². The Bertz CT molecular complexity index is 1540. The van der Waals surface area contributed by atoms with Crippen molar-refractivity contribution < 1.29 is 8.42 Å². The van der Waals surface area contributed by atoms with Gasteiger partial charge < -0.3 is 4.90 Å². The third-order valence-electron chi connectivity index (χ3n) is 7.56. The van der Waals surface area contributed by atoms with E-state index in [1.165, 1.54) is 17.4 Å². The van der Waals surface area contributed by atoms with Crippen molar-refractivity contribution in [1.29, 1.82) is 0 Å². The van der Waals surface area contributed by atoms with Gasteiger partial charge in [-0.3, -0.25) is 4.40 Å². The molecule has 1 saturated heterocycles. The Balaban J connectivity index is 1.44. The molecule has 4 aromatic rings. The maximum atomic E-state index is 11.9. The fraction of sp³-hybridized carbons (Fsp3) is 0.448. The smallest absolute Gasteiger partial charge is 0.211 e. The number of fused-ring (bicyclic) bond motifs is 1. The number of anilines is 2. The lowest BCUT2D eigenvalue weighted by Gasteiger charge is -2.30. The molecular formula is C29H37N5O2S2. The first kappa shape index (κ1) is 26.8. The number of imidazole rings is 1. The molecule has 38 heavy (non-hydrogen) atoms. The van der Waals surface area contributed by atoms with Gasteiger partial charge in [0, 0.05) is 37.3 Å². The minimum atomic E-state index is -3.14. The quantitative estimate of drug-likeness (QED) is 0.284. The lowest BCUT2D eigenvalue weighted by molar-refractivity contribution is 0.321. The highest BCUT2D eigenvalue weighted by molar-refractivity contribution is 7.88.